The first-order valence-corrected chi connectivity index (χ1v) is 8.70. The lowest BCUT2D eigenvalue weighted by Crippen LogP contribution is -2.21. The minimum absolute atomic E-state index is 0.0499. The van der Waals surface area contributed by atoms with E-state index in [1.165, 1.54) is 24.3 Å². The average Bonchev–Trinajstić information content (AvgIpc) is 2.94. The number of hydrogen-bond donors (Lipinski definition) is 1. The zero-order valence-electron chi connectivity index (χ0n) is 13.7. The van der Waals surface area contributed by atoms with Crippen LogP contribution in [0.25, 0.3) is 11.0 Å². The van der Waals surface area contributed by atoms with Crippen molar-refractivity contribution < 1.29 is 23.1 Å². The van der Waals surface area contributed by atoms with E-state index in [0.717, 1.165) is 0 Å². The van der Waals surface area contributed by atoms with Crippen molar-refractivity contribution >= 4 is 63.3 Å². The fourth-order valence-corrected chi connectivity index (χ4v) is 3.35. The standard InChI is InChI=1S/C18H11Cl3FNO4/c1-8-10-3-2-4-13(22)17(10)27-16(8)18(25)26-7-14(24)23-15-11(20)5-9(19)6-12(15)21/h2-6H,7H2,1H3,(H,23,24). The SMILES string of the molecule is Cc1c(C(=O)OCC(=O)Nc2c(Cl)cc(Cl)cc2Cl)oc2c(F)cccc12. The van der Waals surface area contributed by atoms with Crippen LogP contribution < -0.4 is 5.32 Å². The van der Waals surface area contributed by atoms with Crippen LogP contribution in [0.15, 0.2) is 34.7 Å². The Balaban J connectivity index is 1.70. The number of furan rings is 1. The van der Waals surface area contributed by atoms with Crippen molar-refractivity contribution in [3.63, 3.8) is 0 Å². The second-order valence-corrected chi connectivity index (χ2v) is 6.79. The monoisotopic (exact) mass is 429 g/mol. The number of ether oxygens (including phenoxy) is 1. The van der Waals surface area contributed by atoms with Crippen molar-refractivity contribution in [1.82, 2.24) is 0 Å². The van der Waals surface area contributed by atoms with E-state index < -0.39 is 24.3 Å². The van der Waals surface area contributed by atoms with Gasteiger partial charge >= 0.3 is 5.97 Å². The number of para-hydroxylation sites is 1. The highest BCUT2D eigenvalue weighted by Crippen LogP contribution is 2.33. The fraction of sp³-hybridized carbons (Fsp3) is 0.111. The summed E-state index contributed by atoms with van der Waals surface area (Å²) in [6.07, 6.45) is 0. The van der Waals surface area contributed by atoms with Crippen LogP contribution in [0.5, 0.6) is 0 Å². The van der Waals surface area contributed by atoms with Crippen molar-refractivity contribution in [3.05, 3.63) is 62.5 Å². The molecule has 0 aliphatic rings. The number of halogens is 4. The summed E-state index contributed by atoms with van der Waals surface area (Å²) >= 11 is 17.8. The van der Waals surface area contributed by atoms with Crippen LogP contribution in [-0.2, 0) is 9.53 Å². The highest BCUT2D eigenvalue weighted by molar-refractivity contribution is 6.42. The lowest BCUT2D eigenvalue weighted by molar-refractivity contribution is -0.119. The van der Waals surface area contributed by atoms with Gasteiger partial charge in [-0.3, -0.25) is 4.79 Å². The van der Waals surface area contributed by atoms with Crippen molar-refractivity contribution in [1.29, 1.82) is 0 Å². The molecule has 0 spiro atoms. The van der Waals surface area contributed by atoms with E-state index in [4.69, 9.17) is 44.0 Å². The largest absolute Gasteiger partial charge is 0.450 e. The Morgan fingerprint density at radius 1 is 1.19 bits per heavy atom. The minimum atomic E-state index is -0.897. The molecule has 0 fully saturated rings. The molecule has 1 amide bonds. The molecule has 27 heavy (non-hydrogen) atoms. The molecule has 3 aromatic rings. The van der Waals surface area contributed by atoms with Crippen molar-refractivity contribution in [2.24, 2.45) is 0 Å². The van der Waals surface area contributed by atoms with Crippen LogP contribution in [0, 0.1) is 12.7 Å². The van der Waals surface area contributed by atoms with Crippen molar-refractivity contribution in [2.45, 2.75) is 6.92 Å². The van der Waals surface area contributed by atoms with Gasteiger partial charge < -0.3 is 14.5 Å². The zero-order chi connectivity index (χ0) is 19.7. The van der Waals surface area contributed by atoms with E-state index in [0.29, 0.717) is 16.0 Å². The molecular formula is C18H11Cl3FNO4. The van der Waals surface area contributed by atoms with Crippen molar-refractivity contribution in [3.8, 4) is 0 Å². The number of aryl methyl sites for hydroxylation is 1. The molecule has 0 bridgehead atoms. The van der Waals surface area contributed by atoms with E-state index in [-0.39, 0.29) is 27.1 Å². The van der Waals surface area contributed by atoms with Gasteiger partial charge in [-0.2, -0.15) is 0 Å². The molecule has 3 rings (SSSR count). The maximum atomic E-state index is 13.8. The van der Waals surface area contributed by atoms with Crippen LogP contribution in [0.4, 0.5) is 10.1 Å². The van der Waals surface area contributed by atoms with Gasteiger partial charge in [0.25, 0.3) is 5.91 Å². The number of nitrogens with one attached hydrogen (secondary N) is 1. The number of esters is 1. The summed E-state index contributed by atoms with van der Waals surface area (Å²) in [5.74, 6) is -2.34. The smallest absolute Gasteiger partial charge is 0.375 e. The molecule has 0 saturated carbocycles. The predicted molar refractivity (Wildman–Crippen MR) is 101 cm³/mol. The van der Waals surface area contributed by atoms with Crippen LogP contribution in [0.2, 0.25) is 15.1 Å². The Bertz CT molecular complexity index is 1040. The van der Waals surface area contributed by atoms with Crippen LogP contribution >= 0.6 is 34.8 Å². The molecule has 0 radical (unpaired) electrons. The first-order valence-electron chi connectivity index (χ1n) is 7.57. The summed E-state index contributed by atoms with van der Waals surface area (Å²) in [6, 6.07) is 7.15. The van der Waals surface area contributed by atoms with Crippen LogP contribution in [0.3, 0.4) is 0 Å². The third kappa shape index (κ3) is 4.03. The first kappa shape index (κ1) is 19.5. The predicted octanol–water partition coefficient (Wildman–Crippen LogP) is 5.64. The van der Waals surface area contributed by atoms with Crippen LogP contribution in [-0.4, -0.2) is 18.5 Å². The number of carbonyl (C=O) groups is 2. The molecular weight excluding hydrogens is 420 g/mol. The highest BCUT2D eigenvalue weighted by atomic mass is 35.5. The van der Waals surface area contributed by atoms with Gasteiger partial charge in [0, 0.05) is 16.0 Å². The maximum Gasteiger partial charge on any atom is 0.375 e. The fourth-order valence-electron chi connectivity index (χ4n) is 2.44. The lowest BCUT2D eigenvalue weighted by atomic mass is 10.1. The quantitative estimate of drug-likeness (QED) is 0.544. The molecule has 140 valence electrons. The second-order valence-electron chi connectivity index (χ2n) is 5.54. The number of fused-ring (bicyclic) bond motifs is 1. The first-order chi connectivity index (χ1) is 12.8. The highest BCUT2D eigenvalue weighted by Gasteiger charge is 2.22. The van der Waals surface area contributed by atoms with Gasteiger partial charge in [-0.25, -0.2) is 9.18 Å². The molecule has 5 nitrogen and oxygen atoms in total. The summed E-state index contributed by atoms with van der Waals surface area (Å²) in [7, 11) is 0. The number of carbonyl (C=O) groups excluding carboxylic acids is 2. The molecule has 9 heteroatoms. The van der Waals surface area contributed by atoms with Crippen molar-refractivity contribution in [2.75, 3.05) is 11.9 Å². The Kier molecular flexibility index (Phi) is 5.60. The zero-order valence-corrected chi connectivity index (χ0v) is 16.0. The summed E-state index contributed by atoms with van der Waals surface area (Å²) in [5.41, 5.74) is 0.510. The molecule has 0 aliphatic heterocycles. The number of benzene rings is 2. The van der Waals surface area contributed by atoms with E-state index in [9.17, 15) is 14.0 Å². The molecule has 1 heterocycles. The molecule has 0 aliphatic carbocycles. The molecule has 1 aromatic heterocycles. The minimum Gasteiger partial charge on any atom is -0.450 e. The summed E-state index contributed by atoms with van der Waals surface area (Å²) < 4.78 is 24.0. The Morgan fingerprint density at radius 2 is 1.85 bits per heavy atom. The number of rotatable bonds is 4. The maximum absolute atomic E-state index is 13.8. The van der Waals surface area contributed by atoms with Gasteiger partial charge in [-0.15, -0.1) is 0 Å². The summed E-state index contributed by atoms with van der Waals surface area (Å²) in [5, 5.41) is 3.46. The third-order valence-corrected chi connectivity index (χ3v) is 4.52. The van der Waals surface area contributed by atoms with Gasteiger partial charge in [-0.05, 0) is 25.1 Å². The second kappa shape index (κ2) is 7.76. The number of hydrogen-bond acceptors (Lipinski definition) is 4. The number of amides is 1. The van der Waals surface area contributed by atoms with E-state index in [1.807, 2.05) is 0 Å². The number of anilines is 1. The molecule has 2 aromatic carbocycles. The Hall–Kier alpha value is -2.28. The summed E-state index contributed by atoms with van der Waals surface area (Å²) in [4.78, 5) is 24.2. The van der Waals surface area contributed by atoms with Gasteiger partial charge in [0.2, 0.25) is 5.76 Å². The Morgan fingerprint density at radius 3 is 2.48 bits per heavy atom. The summed E-state index contributed by atoms with van der Waals surface area (Å²) in [6.45, 7) is 0.974. The van der Waals surface area contributed by atoms with Gasteiger partial charge in [-0.1, -0.05) is 46.9 Å². The van der Waals surface area contributed by atoms with Crippen LogP contribution in [0.1, 0.15) is 16.1 Å². The molecule has 0 unspecified atom stereocenters. The molecule has 0 saturated heterocycles. The Labute approximate surface area is 167 Å². The van der Waals surface area contributed by atoms with E-state index in [1.54, 1.807) is 13.0 Å². The van der Waals surface area contributed by atoms with Gasteiger partial charge in [0.1, 0.15) is 0 Å². The molecule has 1 N–H and O–H groups in total. The molecule has 0 atom stereocenters. The topological polar surface area (TPSA) is 68.5 Å². The van der Waals surface area contributed by atoms with E-state index in [2.05, 4.69) is 5.32 Å². The van der Waals surface area contributed by atoms with Gasteiger partial charge in [0.15, 0.2) is 18.0 Å². The average molecular weight is 431 g/mol. The van der Waals surface area contributed by atoms with Gasteiger partial charge in [0.05, 0.1) is 15.7 Å². The third-order valence-electron chi connectivity index (χ3n) is 3.71. The lowest BCUT2D eigenvalue weighted by Gasteiger charge is -2.10. The normalized spacial score (nSPS) is 10.9. The van der Waals surface area contributed by atoms with E-state index >= 15 is 0 Å².